The first-order valence-electron chi connectivity index (χ1n) is 15.3. The fraction of sp³-hybridized carbons (Fsp3) is 0.211. The highest BCUT2D eigenvalue weighted by Crippen LogP contribution is 2.16. The zero-order valence-electron chi connectivity index (χ0n) is 27.4. The minimum absolute atomic E-state index is 0. The summed E-state index contributed by atoms with van der Waals surface area (Å²) in [5.74, 6) is 0.970. The Labute approximate surface area is 301 Å². The molecule has 268 valence electrons. The van der Waals surface area contributed by atoms with Gasteiger partial charge in [-0.1, -0.05) is 99.3 Å². The number of aromatic nitrogens is 6. The van der Waals surface area contributed by atoms with Gasteiger partial charge in [-0.15, -0.1) is 0 Å². The molecule has 6 aromatic rings. The van der Waals surface area contributed by atoms with Crippen molar-refractivity contribution in [2.24, 2.45) is 5.73 Å². The first-order valence-corrected chi connectivity index (χ1v) is 15.7. The smallest absolute Gasteiger partial charge is 0.335 e. The molecule has 0 bridgehead atoms. The zero-order chi connectivity index (χ0) is 35.5. The number of nitrogens with one attached hydrogen (secondary N) is 3. The van der Waals surface area contributed by atoms with Crippen molar-refractivity contribution in [3.63, 3.8) is 0 Å². The third kappa shape index (κ3) is 11.6. The lowest BCUT2D eigenvalue weighted by molar-refractivity contribution is 0.818. The average Bonchev–Trinajstić information content (AvgIpc) is 3.05. The Hall–Kier alpha value is -5.85. The maximum atomic E-state index is 12.4. The van der Waals surface area contributed by atoms with Crippen molar-refractivity contribution >= 4 is 17.4 Å². The summed E-state index contributed by atoms with van der Waals surface area (Å²) in [7, 11) is 0. The number of benzene rings is 2. The van der Waals surface area contributed by atoms with Crippen LogP contribution in [0.1, 0.15) is 63.3 Å². The molecule has 13 heteroatoms. The van der Waals surface area contributed by atoms with Gasteiger partial charge in [0.25, 0.3) is 11.1 Å². The molecule has 0 radical (unpaired) electrons. The maximum absolute atomic E-state index is 12.4. The van der Waals surface area contributed by atoms with Crippen LogP contribution in [0.3, 0.4) is 0 Å². The van der Waals surface area contributed by atoms with Crippen molar-refractivity contribution < 1.29 is 0 Å². The Balaban J connectivity index is 0.000000288. The van der Waals surface area contributed by atoms with E-state index in [0.717, 1.165) is 32.2 Å². The molecule has 5 N–H and O–H groups in total. The second-order valence-electron chi connectivity index (χ2n) is 11.0. The van der Waals surface area contributed by atoms with E-state index in [0.29, 0.717) is 11.6 Å². The van der Waals surface area contributed by atoms with E-state index in [2.05, 4.69) is 25.3 Å². The molecule has 0 spiro atoms. The average molecular weight is 713 g/mol. The number of hydrogen-bond donors (Lipinski definition) is 4. The summed E-state index contributed by atoms with van der Waals surface area (Å²) in [6.45, 7) is 7.52. The van der Waals surface area contributed by atoms with Crippen LogP contribution in [-0.4, -0.2) is 29.1 Å². The van der Waals surface area contributed by atoms with E-state index in [1.165, 1.54) is 11.6 Å². The quantitative estimate of drug-likeness (QED) is 0.146. The lowest BCUT2D eigenvalue weighted by atomic mass is 10.1. The summed E-state index contributed by atoms with van der Waals surface area (Å²) in [5, 5.41) is 3.15. The number of rotatable bonds is 6. The lowest BCUT2D eigenvalue weighted by Crippen LogP contribution is -2.34. The third-order valence-corrected chi connectivity index (χ3v) is 7.24. The molecule has 6 rings (SSSR count). The summed E-state index contributed by atoms with van der Waals surface area (Å²) in [5.41, 5.74) is 7.26. The number of halogens is 1. The number of hydrogen-bond acceptors (Lipinski definition) is 8. The van der Waals surface area contributed by atoms with Crippen molar-refractivity contribution in [1.29, 1.82) is 0 Å². The van der Waals surface area contributed by atoms with Gasteiger partial charge in [0, 0.05) is 35.6 Å². The number of nitrogens with two attached hydrogens (primary N) is 1. The van der Waals surface area contributed by atoms with Crippen LogP contribution in [0.5, 0.6) is 0 Å². The molecule has 0 aliphatic rings. The number of H-pyrrole nitrogens is 2. The van der Waals surface area contributed by atoms with E-state index < -0.39 is 22.5 Å². The molecule has 2 atom stereocenters. The van der Waals surface area contributed by atoms with Crippen LogP contribution in [0.4, 0.5) is 5.82 Å². The molecular formula is C38H45ClN8O4. The van der Waals surface area contributed by atoms with E-state index in [9.17, 15) is 19.2 Å². The van der Waals surface area contributed by atoms with Crippen LogP contribution in [0.15, 0.2) is 128 Å². The lowest BCUT2D eigenvalue weighted by Gasteiger charge is -2.15. The minimum atomic E-state index is -0.601. The first kappa shape index (κ1) is 41.3. The Morgan fingerprint density at radius 1 is 0.647 bits per heavy atom. The predicted octanol–water partition coefficient (Wildman–Crippen LogP) is 6.26. The monoisotopic (exact) mass is 712 g/mol. The molecule has 0 fully saturated rings. The van der Waals surface area contributed by atoms with Gasteiger partial charge < -0.3 is 11.1 Å². The predicted molar refractivity (Wildman–Crippen MR) is 206 cm³/mol. The summed E-state index contributed by atoms with van der Waals surface area (Å²) in [6.07, 6.45) is 0. The molecule has 0 aliphatic heterocycles. The zero-order valence-corrected chi connectivity index (χ0v) is 28.2. The van der Waals surface area contributed by atoms with Crippen molar-refractivity contribution in [2.45, 2.75) is 54.6 Å². The van der Waals surface area contributed by atoms with Gasteiger partial charge in [-0.2, -0.15) is 0 Å². The van der Waals surface area contributed by atoms with E-state index in [-0.39, 0.29) is 37.9 Å². The van der Waals surface area contributed by atoms with Crippen LogP contribution in [-0.2, 0) is 0 Å². The van der Waals surface area contributed by atoms with Gasteiger partial charge in [-0.25, -0.2) is 28.7 Å². The van der Waals surface area contributed by atoms with Crippen molar-refractivity contribution in [3.8, 4) is 11.6 Å². The number of aryl methyl sites for hydroxylation is 2. The second kappa shape index (κ2) is 19.4. The molecular weight excluding hydrogens is 668 g/mol. The highest BCUT2D eigenvalue weighted by atomic mass is 35.5. The molecule has 4 heterocycles. The van der Waals surface area contributed by atoms with Crippen LogP contribution in [0.2, 0.25) is 5.15 Å². The molecule has 0 saturated carbocycles. The number of nitrogens with zero attached hydrogens (tertiary/aromatic N) is 4. The SMILES string of the molecule is C.C.C[C@H](N)c1ccccc1.Cc1cccc(-n2c(=O)cc(Cl)[nH]c2=O)n1.Cc1cccc(-n2c(=O)cc(N[C@@H](C)c3ccccc3)[nH]c2=O)n1. The van der Waals surface area contributed by atoms with Gasteiger partial charge >= 0.3 is 11.4 Å². The Morgan fingerprint density at radius 2 is 1.10 bits per heavy atom. The second-order valence-corrected chi connectivity index (χ2v) is 11.4. The van der Waals surface area contributed by atoms with Gasteiger partial charge in [0.15, 0.2) is 0 Å². The van der Waals surface area contributed by atoms with Gasteiger partial charge in [0.1, 0.15) is 22.6 Å². The molecule has 0 aliphatic carbocycles. The third-order valence-electron chi connectivity index (χ3n) is 7.04. The Kier molecular flexibility index (Phi) is 15.7. The van der Waals surface area contributed by atoms with E-state index in [1.54, 1.807) is 50.2 Å². The van der Waals surface area contributed by atoms with Crippen LogP contribution in [0, 0.1) is 13.8 Å². The highest BCUT2D eigenvalue weighted by molar-refractivity contribution is 6.29. The number of pyridine rings is 2. The summed E-state index contributed by atoms with van der Waals surface area (Å²) in [6, 6.07) is 32.7. The number of anilines is 1. The summed E-state index contributed by atoms with van der Waals surface area (Å²) >= 11 is 5.55. The largest absolute Gasteiger partial charge is 0.365 e. The topological polar surface area (TPSA) is 174 Å². The highest BCUT2D eigenvalue weighted by Gasteiger charge is 2.11. The summed E-state index contributed by atoms with van der Waals surface area (Å²) in [4.78, 5) is 61.2. The maximum Gasteiger partial charge on any atom is 0.335 e. The van der Waals surface area contributed by atoms with Crippen LogP contribution < -0.4 is 33.5 Å². The normalized spacial score (nSPS) is 11.2. The first-order chi connectivity index (χ1) is 23.4. The van der Waals surface area contributed by atoms with Gasteiger partial charge in [-0.05, 0) is 63.1 Å². The van der Waals surface area contributed by atoms with Crippen molar-refractivity contribution in [2.75, 3.05) is 5.32 Å². The summed E-state index contributed by atoms with van der Waals surface area (Å²) < 4.78 is 1.95. The standard InChI is InChI=1S/C18H18N4O2.C10H8ClN3O2.C8H11N.2CH4/c1-12-7-6-10-16(19-12)22-17(23)11-15(21-18(22)24)20-13(2)14-8-4-3-5-9-14;1-6-3-2-4-8(12-6)14-9(15)5-7(11)13-10(14)16;1-7(9)8-5-3-2-4-6-8;;/h3-11,13,20H,1-2H3,(H,21,24);2-5H,1H3,(H,13,16);2-7H,9H2,1H3;2*1H4/t13-;;7-;;/m0.0../s1. The van der Waals surface area contributed by atoms with E-state index >= 15 is 0 Å². The van der Waals surface area contributed by atoms with E-state index in [1.807, 2.05) is 74.5 Å². The minimum Gasteiger partial charge on any atom is -0.365 e. The molecule has 51 heavy (non-hydrogen) atoms. The molecule has 2 aromatic carbocycles. The molecule has 0 unspecified atom stereocenters. The molecule has 0 saturated heterocycles. The van der Waals surface area contributed by atoms with Crippen molar-refractivity contribution in [3.05, 3.63) is 179 Å². The van der Waals surface area contributed by atoms with Crippen LogP contribution in [0.25, 0.3) is 11.6 Å². The fourth-order valence-corrected chi connectivity index (χ4v) is 4.77. The Morgan fingerprint density at radius 3 is 1.51 bits per heavy atom. The number of aromatic amines is 2. The van der Waals surface area contributed by atoms with Gasteiger partial charge in [-0.3, -0.25) is 19.6 Å². The van der Waals surface area contributed by atoms with Crippen LogP contribution >= 0.6 is 11.6 Å². The van der Waals surface area contributed by atoms with Gasteiger partial charge in [0.2, 0.25) is 0 Å². The fourth-order valence-electron chi connectivity index (χ4n) is 4.60. The van der Waals surface area contributed by atoms with E-state index in [4.69, 9.17) is 17.3 Å². The molecule has 0 amide bonds. The molecule has 4 aromatic heterocycles. The van der Waals surface area contributed by atoms with Gasteiger partial charge in [0.05, 0.1) is 0 Å². The Bertz CT molecular complexity index is 2170. The van der Waals surface area contributed by atoms with Crippen molar-refractivity contribution in [1.82, 2.24) is 29.1 Å². The molecule has 12 nitrogen and oxygen atoms in total.